The molecule has 0 saturated heterocycles. The Hall–Kier alpha value is -2.36. The zero-order valence-electron chi connectivity index (χ0n) is 15.2. The van der Waals surface area contributed by atoms with Crippen molar-refractivity contribution in [1.29, 1.82) is 0 Å². The van der Waals surface area contributed by atoms with E-state index in [1.807, 2.05) is 42.5 Å². The van der Waals surface area contributed by atoms with E-state index < -0.39 is 0 Å². The van der Waals surface area contributed by atoms with Gasteiger partial charge < -0.3 is 10.1 Å². The molecule has 4 nitrogen and oxygen atoms in total. The summed E-state index contributed by atoms with van der Waals surface area (Å²) < 4.78 is 5.13. The first-order chi connectivity index (χ1) is 12.7. The maximum atomic E-state index is 12.1. The normalized spacial score (nSPS) is 14.9. The molecule has 0 atom stereocenters. The monoisotopic (exact) mass is 353 g/mol. The van der Waals surface area contributed by atoms with Crippen LogP contribution in [0.4, 0.5) is 5.69 Å². The van der Waals surface area contributed by atoms with Crippen LogP contribution < -0.4 is 5.32 Å². The molecule has 1 saturated carbocycles. The molecule has 0 unspecified atom stereocenters. The summed E-state index contributed by atoms with van der Waals surface area (Å²) in [5, 5.41) is 4.87. The van der Waals surface area contributed by atoms with Crippen molar-refractivity contribution in [3.8, 4) is 0 Å². The van der Waals surface area contributed by atoms with E-state index in [1.165, 1.54) is 32.1 Å². The lowest BCUT2D eigenvalue weighted by Crippen LogP contribution is -2.21. The SMILES string of the molecule is O=C(COC(=O)CCCC1CCCCC1)Nc1cccc2ccccc12. The van der Waals surface area contributed by atoms with Gasteiger partial charge in [-0.15, -0.1) is 0 Å². The van der Waals surface area contributed by atoms with Crippen molar-refractivity contribution in [3.63, 3.8) is 0 Å². The average molecular weight is 353 g/mol. The Morgan fingerprint density at radius 2 is 1.77 bits per heavy atom. The van der Waals surface area contributed by atoms with Crippen LogP contribution >= 0.6 is 0 Å². The first kappa shape index (κ1) is 18.4. The molecule has 1 aliphatic rings. The van der Waals surface area contributed by atoms with Crippen molar-refractivity contribution in [2.45, 2.75) is 51.4 Å². The van der Waals surface area contributed by atoms with Gasteiger partial charge in [-0.3, -0.25) is 9.59 Å². The molecule has 1 amide bonds. The second kappa shape index (κ2) is 9.37. The van der Waals surface area contributed by atoms with Crippen LogP contribution in [0.1, 0.15) is 51.4 Å². The molecule has 0 bridgehead atoms. The number of fused-ring (bicyclic) bond motifs is 1. The molecule has 138 valence electrons. The minimum Gasteiger partial charge on any atom is -0.456 e. The third kappa shape index (κ3) is 5.32. The highest BCUT2D eigenvalue weighted by Crippen LogP contribution is 2.27. The van der Waals surface area contributed by atoms with E-state index in [9.17, 15) is 9.59 Å². The van der Waals surface area contributed by atoms with Crippen molar-refractivity contribution in [3.05, 3.63) is 42.5 Å². The number of carbonyl (C=O) groups excluding carboxylic acids is 2. The van der Waals surface area contributed by atoms with Gasteiger partial charge in [-0.05, 0) is 30.2 Å². The van der Waals surface area contributed by atoms with Crippen molar-refractivity contribution >= 4 is 28.3 Å². The number of esters is 1. The summed E-state index contributed by atoms with van der Waals surface area (Å²) in [4.78, 5) is 23.9. The van der Waals surface area contributed by atoms with Crippen molar-refractivity contribution in [2.75, 3.05) is 11.9 Å². The van der Waals surface area contributed by atoms with Crippen LogP contribution in [0, 0.1) is 5.92 Å². The molecule has 3 rings (SSSR count). The lowest BCUT2D eigenvalue weighted by Gasteiger charge is -2.20. The Labute approximate surface area is 154 Å². The molecule has 0 radical (unpaired) electrons. The average Bonchev–Trinajstić information content (AvgIpc) is 2.67. The Kier molecular flexibility index (Phi) is 6.64. The molecular formula is C22H27NO3. The number of ether oxygens (including phenoxy) is 1. The van der Waals surface area contributed by atoms with Gasteiger partial charge in [-0.1, -0.05) is 68.5 Å². The van der Waals surface area contributed by atoms with Gasteiger partial charge in [0.15, 0.2) is 6.61 Å². The number of rotatable bonds is 7. The van der Waals surface area contributed by atoms with Gasteiger partial charge in [0.25, 0.3) is 5.91 Å². The van der Waals surface area contributed by atoms with Crippen LogP contribution in [0.3, 0.4) is 0 Å². The van der Waals surface area contributed by atoms with Gasteiger partial charge in [0.1, 0.15) is 0 Å². The van der Waals surface area contributed by atoms with Crippen LogP contribution in [-0.4, -0.2) is 18.5 Å². The highest BCUT2D eigenvalue weighted by Gasteiger charge is 2.14. The first-order valence-corrected chi connectivity index (χ1v) is 9.65. The second-order valence-corrected chi connectivity index (χ2v) is 7.13. The maximum Gasteiger partial charge on any atom is 0.306 e. The summed E-state index contributed by atoms with van der Waals surface area (Å²) in [6.07, 6.45) is 8.94. The van der Waals surface area contributed by atoms with Gasteiger partial charge in [0.05, 0.1) is 0 Å². The van der Waals surface area contributed by atoms with Gasteiger partial charge in [0.2, 0.25) is 0 Å². The van der Waals surface area contributed by atoms with E-state index in [1.54, 1.807) is 0 Å². The molecule has 2 aromatic rings. The maximum absolute atomic E-state index is 12.1. The van der Waals surface area contributed by atoms with Gasteiger partial charge >= 0.3 is 5.97 Å². The molecule has 0 heterocycles. The molecule has 1 aliphatic carbocycles. The first-order valence-electron chi connectivity index (χ1n) is 9.65. The standard InChI is InChI=1S/C22H27NO3/c24-21(23-20-14-7-12-18-11-4-5-13-19(18)20)16-26-22(25)15-6-10-17-8-2-1-3-9-17/h4-5,7,11-14,17H,1-3,6,8-10,15-16H2,(H,23,24). The van der Waals surface area contributed by atoms with E-state index in [2.05, 4.69) is 5.32 Å². The van der Waals surface area contributed by atoms with Crippen LogP contribution in [0.5, 0.6) is 0 Å². The van der Waals surface area contributed by atoms with Gasteiger partial charge in [-0.25, -0.2) is 0 Å². The summed E-state index contributed by atoms with van der Waals surface area (Å²) in [6, 6.07) is 13.6. The molecule has 1 N–H and O–H groups in total. The quantitative estimate of drug-likeness (QED) is 0.707. The second-order valence-electron chi connectivity index (χ2n) is 7.13. The minimum atomic E-state index is -0.304. The predicted molar refractivity (Wildman–Crippen MR) is 104 cm³/mol. The number of nitrogens with one attached hydrogen (secondary N) is 1. The largest absolute Gasteiger partial charge is 0.456 e. The Morgan fingerprint density at radius 1 is 1.00 bits per heavy atom. The van der Waals surface area contributed by atoms with Crippen LogP contribution in [0.15, 0.2) is 42.5 Å². The summed E-state index contributed by atoms with van der Waals surface area (Å²) in [5.74, 6) is 0.182. The fourth-order valence-electron chi connectivity index (χ4n) is 3.75. The predicted octanol–water partition coefficient (Wildman–Crippen LogP) is 5.07. The Balaban J connectivity index is 1.40. The third-order valence-electron chi connectivity index (χ3n) is 5.15. The van der Waals surface area contributed by atoms with Crippen LogP contribution in [0.2, 0.25) is 0 Å². The molecule has 0 aliphatic heterocycles. The van der Waals surface area contributed by atoms with Crippen molar-refractivity contribution in [1.82, 2.24) is 0 Å². The summed E-state index contributed by atoms with van der Waals surface area (Å²) in [7, 11) is 0. The molecule has 4 heteroatoms. The highest BCUT2D eigenvalue weighted by atomic mass is 16.5. The Bertz CT molecular complexity index is 745. The third-order valence-corrected chi connectivity index (χ3v) is 5.15. The lowest BCUT2D eigenvalue weighted by molar-refractivity contribution is -0.147. The summed E-state index contributed by atoms with van der Waals surface area (Å²) in [5.41, 5.74) is 0.737. The lowest BCUT2D eigenvalue weighted by atomic mass is 9.86. The zero-order valence-corrected chi connectivity index (χ0v) is 15.2. The Morgan fingerprint density at radius 3 is 2.62 bits per heavy atom. The fourth-order valence-corrected chi connectivity index (χ4v) is 3.75. The summed E-state index contributed by atoms with van der Waals surface area (Å²) in [6.45, 7) is -0.231. The highest BCUT2D eigenvalue weighted by molar-refractivity contribution is 6.02. The van der Waals surface area contributed by atoms with Gasteiger partial charge in [0, 0.05) is 17.5 Å². The van der Waals surface area contributed by atoms with E-state index in [0.29, 0.717) is 6.42 Å². The van der Waals surface area contributed by atoms with E-state index in [0.717, 1.165) is 35.2 Å². The molecule has 2 aromatic carbocycles. The number of hydrogen-bond donors (Lipinski definition) is 1. The van der Waals surface area contributed by atoms with Crippen molar-refractivity contribution in [2.24, 2.45) is 5.92 Å². The van der Waals surface area contributed by atoms with E-state index in [-0.39, 0.29) is 18.5 Å². The van der Waals surface area contributed by atoms with Crippen molar-refractivity contribution < 1.29 is 14.3 Å². The summed E-state index contributed by atoms with van der Waals surface area (Å²) >= 11 is 0. The molecule has 0 aromatic heterocycles. The van der Waals surface area contributed by atoms with Crippen LogP contribution in [-0.2, 0) is 14.3 Å². The fraction of sp³-hybridized carbons (Fsp3) is 0.455. The number of hydrogen-bond acceptors (Lipinski definition) is 3. The van der Waals surface area contributed by atoms with Crippen LogP contribution in [0.25, 0.3) is 10.8 Å². The molecule has 26 heavy (non-hydrogen) atoms. The van der Waals surface area contributed by atoms with Gasteiger partial charge in [-0.2, -0.15) is 0 Å². The minimum absolute atomic E-state index is 0.231. The number of amides is 1. The molecule has 1 fully saturated rings. The van der Waals surface area contributed by atoms with E-state index >= 15 is 0 Å². The molecule has 0 spiro atoms. The number of carbonyl (C=O) groups is 2. The zero-order chi connectivity index (χ0) is 18.2. The molecular weight excluding hydrogens is 326 g/mol. The number of benzene rings is 2. The topological polar surface area (TPSA) is 55.4 Å². The number of anilines is 1. The van der Waals surface area contributed by atoms with E-state index in [4.69, 9.17) is 4.74 Å². The smallest absolute Gasteiger partial charge is 0.306 e.